The molecule has 4 nitrogen and oxygen atoms in total. The Kier molecular flexibility index (Phi) is 3.42. The number of rotatable bonds is 3. The zero-order chi connectivity index (χ0) is 13.2. The summed E-state index contributed by atoms with van der Waals surface area (Å²) in [6, 6.07) is 1.69. The summed E-state index contributed by atoms with van der Waals surface area (Å²) in [7, 11) is 0. The van der Waals surface area contributed by atoms with E-state index in [2.05, 4.69) is 10.9 Å². The first-order chi connectivity index (χ1) is 7.76. The van der Waals surface area contributed by atoms with Gasteiger partial charge in [-0.2, -0.15) is 0 Å². The second-order valence-electron chi connectivity index (χ2n) is 4.32. The predicted molar refractivity (Wildman–Crippen MR) is 64.2 cm³/mol. The first kappa shape index (κ1) is 13.0. The minimum absolute atomic E-state index is 0.0546. The van der Waals surface area contributed by atoms with Gasteiger partial charge in [0.25, 0.3) is 0 Å². The molecular weight excluding hydrogens is 218 g/mol. The molecule has 1 aromatic heterocycles. The molecule has 4 heteroatoms. The molecule has 1 N–H and O–H groups in total. The van der Waals surface area contributed by atoms with Crippen LogP contribution in [0.3, 0.4) is 0 Å². The highest BCUT2D eigenvalue weighted by Crippen LogP contribution is 2.24. The van der Waals surface area contributed by atoms with Gasteiger partial charge in [-0.25, -0.2) is 9.78 Å². The lowest BCUT2D eigenvalue weighted by molar-refractivity contribution is 0.0683. The van der Waals surface area contributed by atoms with Crippen LogP contribution >= 0.6 is 0 Å². The van der Waals surface area contributed by atoms with Gasteiger partial charge >= 0.3 is 5.97 Å². The quantitative estimate of drug-likeness (QED) is 0.813. The van der Waals surface area contributed by atoms with Gasteiger partial charge < -0.3 is 9.84 Å². The molecule has 0 atom stereocenters. The summed E-state index contributed by atoms with van der Waals surface area (Å²) >= 11 is 0. The van der Waals surface area contributed by atoms with Gasteiger partial charge in [-0.1, -0.05) is 5.92 Å². The van der Waals surface area contributed by atoms with Crippen LogP contribution in [0.25, 0.3) is 0 Å². The third-order valence-electron chi connectivity index (χ3n) is 2.22. The molecular formula is C13H15NO3. The zero-order valence-corrected chi connectivity index (χ0v) is 10.4. The van der Waals surface area contributed by atoms with Crippen molar-refractivity contribution in [2.24, 2.45) is 0 Å². The van der Waals surface area contributed by atoms with E-state index in [-0.39, 0.29) is 11.4 Å². The fourth-order valence-electron chi connectivity index (χ4n) is 1.41. The molecule has 0 radical (unpaired) electrons. The highest BCUT2D eigenvalue weighted by Gasteiger charge is 2.23. The Balaban J connectivity index is 3.32. The smallest absolute Gasteiger partial charge is 0.341 e. The number of ether oxygens (including phenoxy) is 1. The maximum absolute atomic E-state index is 11.2. The fourth-order valence-corrected chi connectivity index (χ4v) is 1.41. The minimum Gasteiger partial charge on any atom is -0.477 e. The number of carboxylic acid groups (broad SMARTS) is 1. The lowest BCUT2D eigenvalue weighted by Crippen LogP contribution is -2.27. The summed E-state index contributed by atoms with van der Waals surface area (Å²) in [6.45, 7) is 6.83. The average molecular weight is 233 g/mol. The maximum Gasteiger partial charge on any atom is 0.341 e. The number of aromatic nitrogens is 1. The second-order valence-corrected chi connectivity index (χ2v) is 4.32. The maximum atomic E-state index is 11.2. The molecule has 0 saturated carbocycles. The molecule has 0 aliphatic rings. The Labute approximate surface area is 101 Å². The van der Waals surface area contributed by atoms with Crippen molar-refractivity contribution in [2.45, 2.75) is 33.3 Å². The van der Waals surface area contributed by atoms with Crippen molar-refractivity contribution in [3.05, 3.63) is 22.9 Å². The lowest BCUT2D eigenvalue weighted by Gasteiger charge is -2.21. The average Bonchev–Trinajstić information content (AvgIpc) is 2.14. The van der Waals surface area contributed by atoms with E-state index in [0.29, 0.717) is 11.3 Å². The SMILES string of the molecule is C#CC(C)(C)Oc1nc(C)cc(C)c1C(=O)O. The van der Waals surface area contributed by atoms with Crippen LogP contribution in [0.15, 0.2) is 6.07 Å². The van der Waals surface area contributed by atoms with Gasteiger partial charge in [0.2, 0.25) is 5.88 Å². The number of aromatic carboxylic acids is 1. The summed E-state index contributed by atoms with van der Waals surface area (Å²) in [4.78, 5) is 15.2. The highest BCUT2D eigenvalue weighted by atomic mass is 16.5. The third kappa shape index (κ3) is 2.97. The molecule has 90 valence electrons. The van der Waals surface area contributed by atoms with Crippen LogP contribution in [0.5, 0.6) is 5.88 Å². The summed E-state index contributed by atoms with van der Waals surface area (Å²) in [6.07, 6.45) is 5.31. The molecule has 1 heterocycles. The molecule has 0 aromatic carbocycles. The Morgan fingerprint density at radius 2 is 2.12 bits per heavy atom. The van der Waals surface area contributed by atoms with Gasteiger partial charge in [-0.15, -0.1) is 6.42 Å². The van der Waals surface area contributed by atoms with E-state index in [0.717, 1.165) is 0 Å². The number of pyridine rings is 1. The van der Waals surface area contributed by atoms with Crippen molar-refractivity contribution in [2.75, 3.05) is 0 Å². The molecule has 1 rings (SSSR count). The van der Waals surface area contributed by atoms with E-state index < -0.39 is 11.6 Å². The van der Waals surface area contributed by atoms with Gasteiger partial charge in [-0.05, 0) is 39.3 Å². The van der Waals surface area contributed by atoms with Gasteiger partial charge in [0.1, 0.15) is 5.56 Å². The number of hydrogen-bond donors (Lipinski definition) is 1. The molecule has 0 aliphatic carbocycles. The number of nitrogens with zero attached hydrogens (tertiary/aromatic N) is 1. The van der Waals surface area contributed by atoms with Crippen LogP contribution in [0.4, 0.5) is 0 Å². The standard InChI is InChI=1S/C13H15NO3/c1-6-13(4,5)17-11-10(12(15)16)8(2)7-9(3)14-11/h1,7H,2-5H3,(H,15,16). The van der Waals surface area contributed by atoms with Crippen LogP contribution in [0.2, 0.25) is 0 Å². The zero-order valence-electron chi connectivity index (χ0n) is 10.4. The molecule has 1 aromatic rings. The van der Waals surface area contributed by atoms with E-state index in [9.17, 15) is 4.79 Å². The second kappa shape index (κ2) is 4.46. The predicted octanol–water partition coefficient (Wildman–Crippen LogP) is 2.19. The number of terminal acetylenes is 1. The van der Waals surface area contributed by atoms with Crippen LogP contribution in [0.1, 0.15) is 35.5 Å². The Morgan fingerprint density at radius 1 is 1.53 bits per heavy atom. The van der Waals surface area contributed by atoms with Crippen molar-refractivity contribution in [1.82, 2.24) is 4.98 Å². The molecule has 0 bridgehead atoms. The van der Waals surface area contributed by atoms with Crippen molar-refractivity contribution in [3.63, 3.8) is 0 Å². The van der Waals surface area contributed by atoms with Crippen LogP contribution < -0.4 is 4.74 Å². The Hall–Kier alpha value is -2.02. The molecule has 0 amide bonds. The number of aryl methyl sites for hydroxylation is 2. The largest absolute Gasteiger partial charge is 0.477 e. The number of carboxylic acids is 1. The van der Waals surface area contributed by atoms with Crippen LogP contribution in [-0.4, -0.2) is 21.7 Å². The monoisotopic (exact) mass is 233 g/mol. The number of carbonyl (C=O) groups is 1. The first-order valence-electron chi connectivity index (χ1n) is 5.15. The Morgan fingerprint density at radius 3 is 2.59 bits per heavy atom. The third-order valence-corrected chi connectivity index (χ3v) is 2.22. The fraction of sp³-hybridized carbons (Fsp3) is 0.385. The van der Waals surface area contributed by atoms with Gasteiger partial charge in [0.15, 0.2) is 5.60 Å². The molecule has 0 unspecified atom stereocenters. The van der Waals surface area contributed by atoms with Crippen molar-refractivity contribution in [1.29, 1.82) is 0 Å². The highest BCUT2D eigenvalue weighted by molar-refractivity contribution is 5.91. The minimum atomic E-state index is -1.07. The van der Waals surface area contributed by atoms with E-state index in [1.54, 1.807) is 33.8 Å². The van der Waals surface area contributed by atoms with Gasteiger partial charge in [0, 0.05) is 5.69 Å². The summed E-state index contributed by atoms with van der Waals surface area (Å²) in [5.74, 6) is 1.44. The summed E-state index contributed by atoms with van der Waals surface area (Å²) in [5, 5.41) is 9.14. The lowest BCUT2D eigenvalue weighted by atomic mass is 10.1. The topological polar surface area (TPSA) is 59.4 Å². The molecule has 0 fully saturated rings. The van der Waals surface area contributed by atoms with Crippen LogP contribution in [-0.2, 0) is 0 Å². The normalized spacial score (nSPS) is 10.8. The molecule has 0 saturated heterocycles. The number of hydrogen-bond acceptors (Lipinski definition) is 3. The first-order valence-corrected chi connectivity index (χ1v) is 5.15. The molecule has 0 spiro atoms. The van der Waals surface area contributed by atoms with Gasteiger partial charge in [0.05, 0.1) is 0 Å². The van der Waals surface area contributed by atoms with Crippen molar-refractivity contribution < 1.29 is 14.6 Å². The van der Waals surface area contributed by atoms with E-state index in [4.69, 9.17) is 16.3 Å². The van der Waals surface area contributed by atoms with Gasteiger partial charge in [-0.3, -0.25) is 0 Å². The Bertz CT molecular complexity index is 498. The van der Waals surface area contributed by atoms with Crippen molar-refractivity contribution in [3.8, 4) is 18.2 Å². The van der Waals surface area contributed by atoms with E-state index >= 15 is 0 Å². The summed E-state index contributed by atoms with van der Waals surface area (Å²) in [5.41, 5.74) is 0.458. The van der Waals surface area contributed by atoms with Crippen LogP contribution in [0, 0.1) is 26.2 Å². The molecule has 0 aliphatic heterocycles. The summed E-state index contributed by atoms with van der Waals surface area (Å²) < 4.78 is 5.48. The van der Waals surface area contributed by atoms with Crippen molar-refractivity contribution >= 4 is 5.97 Å². The van der Waals surface area contributed by atoms with E-state index in [1.807, 2.05) is 0 Å². The van der Waals surface area contributed by atoms with E-state index in [1.165, 1.54) is 0 Å². The molecule has 17 heavy (non-hydrogen) atoms.